The number of carbonyl (C=O) groups is 2. The third-order valence-corrected chi connectivity index (χ3v) is 10.2. The summed E-state index contributed by atoms with van der Waals surface area (Å²) in [6, 6.07) is 8.73. The van der Waals surface area contributed by atoms with Crippen LogP contribution in [0.15, 0.2) is 30.3 Å². The van der Waals surface area contributed by atoms with E-state index in [0.717, 1.165) is 5.56 Å². The number of rotatable bonds is 4. The molecule has 0 aliphatic carbocycles. The Morgan fingerprint density at radius 1 is 1.14 bits per heavy atom. The maximum atomic E-state index is 13.0. The predicted molar refractivity (Wildman–Crippen MR) is 110 cm³/mol. The first-order valence-electron chi connectivity index (χ1n) is 9.77. The second kappa shape index (κ2) is 8.76. The molecule has 1 aliphatic rings. The first kappa shape index (κ1) is 22.6. The highest BCUT2D eigenvalue weighted by atomic mass is 28.4. The molecule has 0 bridgehead atoms. The Morgan fingerprint density at radius 3 is 2.32 bits per heavy atom. The summed E-state index contributed by atoms with van der Waals surface area (Å²) in [7, 11) is -2.25. The number of carbonyl (C=O) groups excluding carboxylic acids is 2. The Labute approximate surface area is 168 Å². The minimum atomic E-state index is -2.25. The van der Waals surface area contributed by atoms with E-state index in [0.29, 0.717) is 6.42 Å². The van der Waals surface area contributed by atoms with E-state index in [1.807, 2.05) is 30.3 Å². The Hall–Kier alpha value is -1.70. The van der Waals surface area contributed by atoms with Crippen LogP contribution in [0.2, 0.25) is 18.1 Å². The molecule has 6 nitrogen and oxygen atoms in total. The van der Waals surface area contributed by atoms with Crippen LogP contribution >= 0.6 is 0 Å². The highest BCUT2D eigenvalue weighted by Gasteiger charge is 2.46. The van der Waals surface area contributed by atoms with Crippen molar-refractivity contribution in [3.63, 3.8) is 0 Å². The molecule has 4 atom stereocenters. The summed E-state index contributed by atoms with van der Waals surface area (Å²) >= 11 is 0. The molecule has 1 aromatic carbocycles. The van der Waals surface area contributed by atoms with Crippen molar-refractivity contribution in [1.82, 2.24) is 0 Å². The minimum Gasteiger partial charge on any atom is -0.463 e. The van der Waals surface area contributed by atoms with Gasteiger partial charge in [-0.25, -0.2) is 0 Å². The monoisotopic (exact) mass is 407 g/mol. The summed E-state index contributed by atoms with van der Waals surface area (Å²) in [6.45, 7) is 12.2. The highest BCUT2D eigenvalue weighted by Crippen LogP contribution is 2.39. The molecule has 0 saturated carbocycles. The number of ether oxygens (including phenoxy) is 2. The largest absolute Gasteiger partial charge is 0.463 e. The number of nitrogens with two attached hydrogens (primary N) is 1. The van der Waals surface area contributed by atoms with Crippen molar-refractivity contribution in [3.8, 4) is 0 Å². The number of esters is 2. The summed E-state index contributed by atoms with van der Waals surface area (Å²) in [5.74, 6) is -1.58. The van der Waals surface area contributed by atoms with Gasteiger partial charge >= 0.3 is 11.9 Å². The lowest BCUT2D eigenvalue weighted by atomic mass is 9.91. The maximum Gasteiger partial charge on any atom is 0.326 e. The van der Waals surface area contributed by atoms with Crippen LogP contribution in [0.5, 0.6) is 0 Å². The lowest BCUT2D eigenvalue weighted by Gasteiger charge is -2.42. The van der Waals surface area contributed by atoms with E-state index in [2.05, 4.69) is 33.9 Å². The minimum absolute atomic E-state index is 0.0627. The summed E-state index contributed by atoms with van der Waals surface area (Å²) in [6.07, 6.45) is -0.786. The van der Waals surface area contributed by atoms with Gasteiger partial charge in [0.1, 0.15) is 18.8 Å². The Bertz CT molecular complexity index is 686. The summed E-state index contributed by atoms with van der Waals surface area (Å²) < 4.78 is 17.6. The van der Waals surface area contributed by atoms with Crippen molar-refractivity contribution in [2.24, 2.45) is 11.7 Å². The fourth-order valence-electron chi connectivity index (χ4n) is 2.91. The standard InChI is InChI=1S/C21H33NO5Si/c1-14-18(27-28(5,6)21(2,3)4)16(12-15-10-8-7-9-11-15)19(23)25-13-17(22)20(24)26-14/h7-11,14,16-18H,12-13,22H2,1-6H3/t14-,16+,17-,18-/m0/s1. The molecule has 1 aromatic rings. The molecule has 0 amide bonds. The van der Waals surface area contributed by atoms with Crippen molar-refractivity contribution in [3.05, 3.63) is 35.9 Å². The molecular weight excluding hydrogens is 374 g/mol. The predicted octanol–water partition coefficient (Wildman–Crippen LogP) is 3.05. The van der Waals surface area contributed by atoms with Gasteiger partial charge in [-0.15, -0.1) is 0 Å². The van der Waals surface area contributed by atoms with E-state index in [1.54, 1.807) is 6.92 Å². The molecule has 1 heterocycles. The van der Waals surface area contributed by atoms with Crippen molar-refractivity contribution in [2.75, 3.05) is 6.61 Å². The average Bonchev–Trinajstić information content (AvgIpc) is 2.64. The lowest BCUT2D eigenvalue weighted by Crippen LogP contribution is -2.51. The van der Waals surface area contributed by atoms with Crippen LogP contribution in [0.1, 0.15) is 33.3 Å². The van der Waals surface area contributed by atoms with Gasteiger partial charge in [0.2, 0.25) is 0 Å². The molecule has 0 unspecified atom stereocenters. The molecule has 1 aliphatic heterocycles. The van der Waals surface area contributed by atoms with Crippen LogP contribution in [-0.2, 0) is 29.9 Å². The van der Waals surface area contributed by atoms with Crippen LogP contribution in [0, 0.1) is 5.92 Å². The lowest BCUT2D eigenvalue weighted by molar-refractivity contribution is -0.157. The third kappa shape index (κ3) is 5.43. The number of benzene rings is 1. The van der Waals surface area contributed by atoms with Gasteiger partial charge in [-0.3, -0.25) is 9.59 Å². The molecule has 2 N–H and O–H groups in total. The maximum absolute atomic E-state index is 13.0. The van der Waals surface area contributed by atoms with E-state index < -0.39 is 44.4 Å². The summed E-state index contributed by atoms with van der Waals surface area (Å²) in [4.78, 5) is 25.2. The van der Waals surface area contributed by atoms with Crippen molar-refractivity contribution in [1.29, 1.82) is 0 Å². The van der Waals surface area contributed by atoms with Gasteiger partial charge < -0.3 is 19.6 Å². The van der Waals surface area contributed by atoms with E-state index in [1.165, 1.54) is 0 Å². The Morgan fingerprint density at radius 2 is 1.75 bits per heavy atom. The van der Waals surface area contributed by atoms with Crippen molar-refractivity contribution < 1.29 is 23.5 Å². The SMILES string of the molecule is C[C@@H]1OC(=O)[C@@H](N)COC(=O)[C@H](Cc2ccccc2)[C@H]1O[Si](C)(C)C(C)(C)C. The topological polar surface area (TPSA) is 87.9 Å². The van der Waals surface area contributed by atoms with Gasteiger partial charge in [-0.1, -0.05) is 51.1 Å². The van der Waals surface area contributed by atoms with E-state index in [9.17, 15) is 9.59 Å². The first-order valence-corrected chi connectivity index (χ1v) is 12.7. The highest BCUT2D eigenvalue weighted by molar-refractivity contribution is 6.74. The van der Waals surface area contributed by atoms with Gasteiger partial charge in [0.15, 0.2) is 8.32 Å². The zero-order valence-corrected chi connectivity index (χ0v) is 18.7. The second-order valence-electron chi connectivity index (χ2n) is 9.02. The zero-order chi connectivity index (χ0) is 21.1. The second-order valence-corrected chi connectivity index (χ2v) is 13.8. The molecule has 1 saturated heterocycles. The van der Waals surface area contributed by atoms with Gasteiger partial charge in [0.05, 0.1) is 12.0 Å². The number of hydrogen-bond donors (Lipinski definition) is 1. The molecule has 7 heteroatoms. The van der Waals surface area contributed by atoms with Gasteiger partial charge in [0.25, 0.3) is 0 Å². The summed E-state index contributed by atoms with van der Waals surface area (Å²) in [5.41, 5.74) is 6.79. The third-order valence-electron chi connectivity index (χ3n) is 5.71. The van der Waals surface area contributed by atoms with Crippen LogP contribution in [0.3, 0.4) is 0 Å². The molecule has 2 rings (SSSR count). The Balaban J connectivity index is 2.42. The molecule has 0 radical (unpaired) electrons. The molecular formula is C21H33NO5Si. The van der Waals surface area contributed by atoms with E-state index >= 15 is 0 Å². The number of cyclic esters (lactones) is 2. The van der Waals surface area contributed by atoms with Crippen LogP contribution in [-0.4, -0.2) is 45.1 Å². The first-order chi connectivity index (χ1) is 12.9. The van der Waals surface area contributed by atoms with E-state index in [4.69, 9.17) is 19.6 Å². The van der Waals surface area contributed by atoms with Gasteiger partial charge in [-0.2, -0.15) is 0 Å². The van der Waals surface area contributed by atoms with Crippen molar-refractivity contribution >= 4 is 20.3 Å². The fourth-order valence-corrected chi connectivity index (χ4v) is 4.30. The van der Waals surface area contributed by atoms with Crippen LogP contribution < -0.4 is 5.73 Å². The smallest absolute Gasteiger partial charge is 0.326 e. The molecule has 1 fully saturated rings. The molecule has 0 spiro atoms. The quantitative estimate of drug-likeness (QED) is 0.610. The van der Waals surface area contributed by atoms with Crippen LogP contribution in [0.4, 0.5) is 0 Å². The molecule has 28 heavy (non-hydrogen) atoms. The van der Waals surface area contributed by atoms with E-state index in [-0.39, 0.29) is 11.6 Å². The van der Waals surface area contributed by atoms with Crippen molar-refractivity contribution in [2.45, 2.75) is 70.5 Å². The molecule has 156 valence electrons. The normalized spacial score (nSPS) is 27.2. The fraction of sp³-hybridized carbons (Fsp3) is 0.619. The zero-order valence-electron chi connectivity index (χ0n) is 17.7. The average molecular weight is 408 g/mol. The van der Waals surface area contributed by atoms with Crippen LogP contribution in [0.25, 0.3) is 0 Å². The Kier molecular flexibility index (Phi) is 7.06. The summed E-state index contributed by atoms with van der Waals surface area (Å²) in [5, 5.41) is -0.0627. The number of hydrogen-bond acceptors (Lipinski definition) is 6. The van der Waals surface area contributed by atoms with Gasteiger partial charge in [-0.05, 0) is 37.0 Å². The van der Waals surface area contributed by atoms with Gasteiger partial charge in [0, 0.05) is 0 Å². The molecule has 0 aromatic heterocycles.